The number of carbonyl (C=O) groups excluding carboxylic acids is 6. The molecule has 0 aromatic carbocycles. The number of nitrogens with zero attached hydrogens (tertiary/aromatic N) is 4. The van der Waals surface area contributed by atoms with E-state index < -0.39 is 93.6 Å². The number of nitrogens with one attached hydrogen (secondary N) is 2. The molecule has 274 valence electrons. The molecule has 4 heterocycles. The monoisotopic (exact) mass is 778 g/mol. The second-order valence-corrected chi connectivity index (χ2v) is 13.2. The van der Waals surface area contributed by atoms with Gasteiger partial charge in [-0.25, -0.2) is 48.5 Å². The normalized spacial score (nSPS) is 22.6. The maximum atomic E-state index is 12.2. The van der Waals surface area contributed by atoms with E-state index in [4.69, 9.17) is 9.57 Å². The first-order valence-corrected chi connectivity index (χ1v) is 16.3. The molecule has 3 N–H and O–H groups in total. The Bertz CT molecular complexity index is 1470. The van der Waals surface area contributed by atoms with Gasteiger partial charge in [0.25, 0.3) is 11.8 Å². The zero-order valence-corrected chi connectivity index (χ0v) is 33.1. The van der Waals surface area contributed by atoms with E-state index in [0.29, 0.717) is 10.1 Å². The van der Waals surface area contributed by atoms with Crippen LogP contribution in [-0.4, -0.2) is 144 Å². The van der Waals surface area contributed by atoms with Crippen molar-refractivity contribution in [3.05, 3.63) is 0 Å². The summed E-state index contributed by atoms with van der Waals surface area (Å²) in [5.41, 5.74) is 3.35. The third-order valence-corrected chi connectivity index (χ3v) is 7.37. The third-order valence-electron chi connectivity index (χ3n) is 6.68. The predicted molar refractivity (Wildman–Crippen MR) is 145 cm³/mol. The predicted octanol–water partition coefficient (Wildman–Crippen LogP) is -9.33. The molecule has 4 aliphatic heterocycles. The summed E-state index contributed by atoms with van der Waals surface area (Å²) in [4.78, 5) is 81.0. The van der Waals surface area contributed by atoms with Crippen molar-refractivity contribution in [1.29, 1.82) is 0 Å². The molecule has 4 atom stereocenters. The Hall–Kier alpha value is -1.76. The van der Waals surface area contributed by atoms with Crippen LogP contribution in [0.4, 0.5) is 9.59 Å². The Balaban J connectivity index is 0.000000923. The topological polar surface area (TPSA) is 330 Å². The summed E-state index contributed by atoms with van der Waals surface area (Å²) in [6.45, 7) is 4.13. The number of hydrogen-bond acceptors (Lipinski definition) is 18. The minimum absolute atomic E-state index is 0. The van der Waals surface area contributed by atoms with Gasteiger partial charge in [-0.3, -0.25) is 14.4 Å². The van der Waals surface area contributed by atoms with Crippen molar-refractivity contribution >= 4 is 56.9 Å². The molecule has 0 radical (unpaired) electrons. The van der Waals surface area contributed by atoms with E-state index in [2.05, 4.69) is 18.9 Å². The molecule has 0 aromatic rings. The number of hydroxylamine groups is 6. The molecule has 0 aromatic heterocycles. The van der Waals surface area contributed by atoms with Crippen molar-refractivity contribution in [3.8, 4) is 0 Å². The average Bonchev–Trinajstić information content (AvgIpc) is 3.30. The standard InChI is InChI=1S/C13H21N3O9S.C9H12N3O8S.2Na.H2O/c1-13(2,3)24-10(17)7-23-14-11(18)9-5-4-8-6-15(9)12(19)16(8)25-26(20,21)22;13-3-4-19-10-8(14)7-2-1-6-5-11(7)9(15)12(6)20-21(16,17)18;;;/h8-9H,4-7H2,1-3H3,(H,14,18)(H,20,21,22);6-7H,1-2,4-5H2,(H,10,14)(H,16,17,18);;;1H2/q;-1;2*+1;/p-3/t8-,9+;6-,7+;;;/m11.../s1. The van der Waals surface area contributed by atoms with E-state index in [1.807, 2.05) is 5.48 Å². The minimum atomic E-state index is -5.10. The summed E-state index contributed by atoms with van der Waals surface area (Å²) >= 11 is 0. The Labute approximate surface area is 330 Å². The number of rotatable bonds is 12. The first kappa shape index (κ1) is 48.2. The van der Waals surface area contributed by atoms with E-state index in [1.165, 1.54) is 6.29 Å². The fourth-order valence-corrected chi connectivity index (χ4v) is 5.78. The third kappa shape index (κ3) is 14.0. The maximum absolute atomic E-state index is 12.2. The average molecular weight is 779 g/mol. The number of urea groups is 2. The molecule has 24 nitrogen and oxygen atoms in total. The fraction of sp³-hybridized carbons (Fsp3) is 0.727. The molecule has 4 aliphatic rings. The van der Waals surface area contributed by atoms with E-state index in [9.17, 15) is 54.7 Å². The van der Waals surface area contributed by atoms with Gasteiger partial charge in [0.2, 0.25) is 20.8 Å². The molecule has 6 amide bonds. The van der Waals surface area contributed by atoms with Crippen LogP contribution >= 0.6 is 0 Å². The Morgan fingerprint density at radius 1 is 0.800 bits per heavy atom. The van der Waals surface area contributed by atoms with Crippen molar-refractivity contribution in [3.63, 3.8) is 0 Å². The van der Waals surface area contributed by atoms with Crippen LogP contribution in [-0.2, 0) is 63.0 Å². The molecule has 28 heteroatoms. The van der Waals surface area contributed by atoms with Gasteiger partial charge >= 0.3 is 77.1 Å². The smallest absolute Gasteiger partial charge is 0.870 e. The fourth-order valence-electron chi connectivity index (χ4n) is 5.01. The second-order valence-electron chi connectivity index (χ2n) is 11.2. The van der Waals surface area contributed by atoms with E-state index in [-0.39, 0.29) is 103 Å². The zero-order valence-electron chi connectivity index (χ0n) is 27.5. The molecule has 0 aliphatic carbocycles. The van der Waals surface area contributed by atoms with E-state index in [1.54, 1.807) is 20.8 Å². The summed E-state index contributed by atoms with van der Waals surface area (Å²) in [5.74, 6) is -2.03. The van der Waals surface area contributed by atoms with Gasteiger partial charge in [-0.1, -0.05) is 0 Å². The van der Waals surface area contributed by atoms with Gasteiger partial charge < -0.3 is 38.8 Å². The van der Waals surface area contributed by atoms with Crippen molar-refractivity contribution in [1.82, 2.24) is 30.9 Å². The van der Waals surface area contributed by atoms with Gasteiger partial charge in [0.1, 0.15) is 17.7 Å². The summed E-state index contributed by atoms with van der Waals surface area (Å²) in [6, 6.07) is -4.89. The number of amides is 6. The van der Waals surface area contributed by atoms with E-state index in [0.717, 1.165) is 9.80 Å². The Morgan fingerprint density at radius 3 is 1.56 bits per heavy atom. The van der Waals surface area contributed by atoms with Gasteiger partial charge in [-0.2, -0.15) is 18.7 Å². The van der Waals surface area contributed by atoms with Crippen LogP contribution in [0.25, 0.3) is 0 Å². The van der Waals surface area contributed by atoms with Crippen LogP contribution in [0.5, 0.6) is 0 Å². The molecule has 4 saturated heterocycles. The number of piperidine rings is 2. The summed E-state index contributed by atoms with van der Waals surface area (Å²) in [7, 11) is -10.2. The molecule has 50 heavy (non-hydrogen) atoms. The number of fused-ring (bicyclic) bond motifs is 4. The van der Waals surface area contributed by atoms with Crippen LogP contribution < -0.4 is 70.1 Å². The molecule has 4 bridgehead atoms. The molecule has 4 fully saturated rings. The number of esters is 1. The summed E-state index contributed by atoms with van der Waals surface area (Å²) in [6.07, 6.45) is 2.37. The second kappa shape index (κ2) is 19.9. The van der Waals surface area contributed by atoms with Gasteiger partial charge in [0, 0.05) is 13.1 Å². The molecular weight excluding hydrogens is 746 g/mol. The van der Waals surface area contributed by atoms with Gasteiger partial charge in [0.05, 0.1) is 12.1 Å². The van der Waals surface area contributed by atoms with Crippen LogP contribution in [0.2, 0.25) is 0 Å². The van der Waals surface area contributed by atoms with E-state index >= 15 is 0 Å². The molecular formula is C22H32N6Na2O18S2-2. The van der Waals surface area contributed by atoms with Crippen LogP contribution in [0.3, 0.4) is 0 Å². The zero-order chi connectivity index (χ0) is 35.3. The van der Waals surface area contributed by atoms with Crippen LogP contribution in [0, 0.1) is 0 Å². The summed E-state index contributed by atoms with van der Waals surface area (Å²) in [5, 5.41) is 0.937. The Morgan fingerprint density at radius 2 is 1.20 bits per heavy atom. The molecule has 4 rings (SSSR count). The quantitative estimate of drug-likeness (QED) is 0.0353. The summed E-state index contributed by atoms with van der Waals surface area (Å²) < 4.78 is 77.1. The first-order valence-electron chi connectivity index (χ1n) is 13.6. The molecule has 0 unspecified atom stereocenters. The maximum Gasteiger partial charge on any atom is 1.00 e. The molecule has 0 saturated carbocycles. The van der Waals surface area contributed by atoms with Gasteiger partial charge in [0.15, 0.2) is 6.61 Å². The number of ether oxygens (including phenoxy) is 1. The van der Waals surface area contributed by atoms with Gasteiger partial charge in [-0.15, -0.1) is 0 Å². The molecule has 0 spiro atoms. The SMILES string of the molecule is CC(C)(C)OC(=O)CONC(=O)[C@@H]1CC[C@@H]2CN1C(=O)N2OS(=O)(=O)[O-].O=[C-]CONC(=O)[C@@H]1CC[C@@H]2CN1C(=O)N2OS(=O)(=O)[O-].[Na+].[Na+].[OH-]. The van der Waals surface area contributed by atoms with Gasteiger partial charge in [-0.05, 0) is 53.1 Å². The first-order chi connectivity index (χ1) is 21.7. The van der Waals surface area contributed by atoms with Crippen molar-refractivity contribution in [2.45, 2.75) is 76.2 Å². The van der Waals surface area contributed by atoms with Crippen molar-refractivity contribution < 1.29 is 142 Å². The Kier molecular flexibility index (Phi) is 19.2. The minimum Gasteiger partial charge on any atom is -0.870 e. The number of hydrogen-bond donors (Lipinski definition) is 2. The van der Waals surface area contributed by atoms with Crippen molar-refractivity contribution in [2.75, 3.05) is 26.3 Å². The van der Waals surface area contributed by atoms with Crippen LogP contribution in [0.15, 0.2) is 0 Å². The van der Waals surface area contributed by atoms with Crippen molar-refractivity contribution in [2.24, 2.45) is 0 Å². The van der Waals surface area contributed by atoms with Crippen LogP contribution in [0.1, 0.15) is 46.5 Å². The largest absolute Gasteiger partial charge is 1.00 e. The number of carbonyl (C=O) groups is 5.